The summed E-state index contributed by atoms with van der Waals surface area (Å²) in [5.74, 6) is 0. The predicted molar refractivity (Wildman–Crippen MR) is 102 cm³/mol. The van der Waals surface area contributed by atoms with Crippen LogP contribution in [0.15, 0.2) is 28.0 Å². The molecule has 144 valence electrons. The molecule has 2 rings (SSSR count). The van der Waals surface area contributed by atoms with Crippen LogP contribution in [0.1, 0.15) is 31.7 Å². The second-order valence-corrected chi connectivity index (χ2v) is 10.2. The molecule has 0 amide bonds. The lowest BCUT2D eigenvalue weighted by Crippen LogP contribution is -2.46. The van der Waals surface area contributed by atoms with Crippen LogP contribution in [0.5, 0.6) is 0 Å². The van der Waals surface area contributed by atoms with E-state index in [1.54, 1.807) is 17.3 Å². The van der Waals surface area contributed by atoms with E-state index in [0.29, 0.717) is 18.5 Å². The van der Waals surface area contributed by atoms with Crippen molar-refractivity contribution in [2.75, 3.05) is 25.9 Å². The van der Waals surface area contributed by atoms with Crippen LogP contribution < -0.4 is 5.32 Å². The van der Waals surface area contributed by atoms with Gasteiger partial charge in [0.25, 0.3) is 0 Å². The fourth-order valence-electron chi connectivity index (χ4n) is 3.03. The zero-order valence-corrected chi connectivity index (χ0v) is 17.3. The fraction of sp³-hybridized carbons (Fsp3) is 0.625. The highest BCUT2D eigenvalue weighted by Crippen LogP contribution is 2.27. The van der Waals surface area contributed by atoms with Gasteiger partial charge in [-0.05, 0) is 57.0 Å². The van der Waals surface area contributed by atoms with Crippen LogP contribution in [-0.2, 0) is 19.9 Å². The van der Waals surface area contributed by atoms with Crippen LogP contribution in [0, 0.1) is 6.92 Å². The Bertz CT molecular complexity index is 788. The molecule has 0 atom stereocenters. The van der Waals surface area contributed by atoms with Crippen molar-refractivity contribution in [1.82, 2.24) is 9.62 Å². The Hall–Kier alpha value is -0.670. The summed E-state index contributed by atoms with van der Waals surface area (Å²) in [7, 11) is -7.19. The molecule has 0 radical (unpaired) electrons. The molecular formula is C16H27ClN2O4S2. The van der Waals surface area contributed by atoms with Gasteiger partial charge in [-0.3, -0.25) is 0 Å². The van der Waals surface area contributed by atoms with Gasteiger partial charge in [0, 0.05) is 18.8 Å². The molecule has 1 saturated heterocycles. The van der Waals surface area contributed by atoms with Gasteiger partial charge < -0.3 is 5.32 Å². The van der Waals surface area contributed by atoms with Gasteiger partial charge in [-0.15, -0.1) is 12.4 Å². The van der Waals surface area contributed by atoms with E-state index < -0.39 is 19.9 Å². The lowest BCUT2D eigenvalue weighted by Gasteiger charge is -2.34. The van der Waals surface area contributed by atoms with E-state index >= 15 is 0 Å². The molecule has 1 N–H and O–H groups in total. The van der Waals surface area contributed by atoms with Crippen LogP contribution in [0.2, 0.25) is 0 Å². The van der Waals surface area contributed by atoms with Crippen molar-refractivity contribution in [2.45, 2.75) is 48.9 Å². The summed E-state index contributed by atoms with van der Waals surface area (Å²) in [5, 5.41) is 3.24. The molecule has 1 fully saturated rings. The lowest BCUT2D eigenvalue weighted by atomic mass is 10.1. The van der Waals surface area contributed by atoms with E-state index in [1.165, 1.54) is 12.1 Å². The maximum absolute atomic E-state index is 13.2. The Morgan fingerprint density at radius 2 is 1.76 bits per heavy atom. The summed E-state index contributed by atoms with van der Waals surface area (Å²) >= 11 is 0. The maximum Gasteiger partial charge on any atom is 0.243 e. The van der Waals surface area contributed by atoms with E-state index in [-0.39, 0.29) is 28.2 Å². The molecule has 0 aromatic heterocycles. The third-order valence-electron chi connectivity index (χ3n) is 4.33. The minimum absolute atomic E-state index is 0. The van der Waals surface area contributed by atoms with Crippen LogP contribution in [-0.4, -0.2) is 53.1 Å². The van der Waals surface area contributed by atoms with Gasteiger partial charge in [0.15, 0.2) is 9.84 Å². The highest BCUT2D eigenvalue weighted by atomic mass is 35.5. The van der Waals surface area contributed by atoms with E-state index in [2.05, 4.69) is 5.32 Å². The molecule has 1 aromatic rings. The summed E-state index contributed by atoms with van der Waals surface area (Å²) in [5.41, 5.74) is 0.567. The zero-order chi connectivity index (χ0) is 18.0. The molecule has 1 heterocycles. The minimum Gasteiger partial charge on any atom is -0.317 e. The Morgan fingerprint density at radius 1 is 1.16 bits per heavy atom. The zero-order valence-electron chi connectivity index (χ0n) is 14.9. The van der Waals surface area contributed by atoms with Gasteiger partial charge in [-0.2, -0.15) is 4.31 Å². The number of benzene rings is 1. The topological polar surface area (TPSA) is 83.6 Å². The van der Waals surface area contributed by atoms with E-state index in [1.807, 2.05) is 6.92 Å². The normalized spacial score (nSPS) is 16.6. The predicted octanol–water partition coefficient (Wildman–Crippen LogP) is 1.97. The third-order valence-corrected chi connectivity index (χ3v) is 7.54. The van der Waals surface area contributed by atoms with Crippen molar-refractivity contribution in [1.29, 1.82) is 0 Å². The summed E-state index contributed by atoms with van der Waals surface area (Å²) in [6.45, 7) is 5.68. The summed E-state index contributed by atoms with van der Waals surface area (Å²) in [4.78, 5) is 0.130. The van der Waals surface area contributed by atoms with Crippen LogP contribution in [0.4, 0.5) is 0 Å². The van der Waals surface area contributed by atoms with Crippen LogP contribution in [0.3, 0.4) is 0 Å². The number of aryl methyl sites for hydroxylation is 1. The first-order valence-electron chi connectivity index (χ1n) is 8.21. The number of nitrogens with one attached hydrogen (secondary N) is 1. The highest BCUT2D eigenvalue weighted by Gasteiger charge is 2.33. The maximum atomic E-state index is 13.2. The first kappa shape index (κ1) is 22.4. The van der Waals surface area contributed by atoms with Crippen molar-refractivity contribution in [2.24, 2.45) is 0 Å². The van der Waals surface area contributed by atoms with Gasteiger partial charge in [-0.25, -0.2) is 16.8 Å². The number of hydrogen-bond acceptors (Lipinski definition) is 5. The number of piperidine rings is 1. The van der Waals surface area contributed by atoms with Gasteiger partial charge in [0.1, 0.15) is 0 Å². The Balaban J connectivity index is 0.00000312. The number of nitrogens with zero attached hydrogens (tertiary/aromatic N) is 1. The smallest absolute Gasteiger partial charge is 0.243 e. The number of hydrogen-bond donors (Lipinski definition) is 1. The molecule has 0 bridgehead atoms. The molecule has 0 spiro atoms. The molecule has 0 unspecified atom stereocenters. The minimum atomic E-state index is -3.74. The number of sulfone groups is 1. The van der Waals surface area contributed by atoms with Gasteiger partial charge in [0.05, 0.1) is 9.79 Å². The third kappa shape index (κ3) is 5.17. The summed E-state index contributed by atoms with van der Waals surface area (Å²) in [6, 6.07) is 4.27. The first-order chi connectivity index (χ1) is 11.2. The highest BCUT2D eigenvalue weighted by molar-refractivity contribution is 7.91. The van der Waals surface area contributed by atoms with E-state index in [4.69, 9.17) is 0 Å². The number of sulfonamides is 1. The van der Waals surface area contributed by atoms with Gasteiger partial charge >= 0.3 is 0 Å². The van der Waals surface area contributed by atoms with Gasteiger partial charge in [-0.1, -0.05) is 13.0 Å². The molecule has 1 aliphatic heterocycles. The fourth-order valence-corrected chi connectivity index (χ4v) is 5.78. The van der Waals surface area contributed by atoms with Crippen LogP contribution >= 0.6 is 12.4 Å². The Labute approximate surface area is 157 Å². The quantitative estimate of drug-likeness (QED) is 0.775. The van der Waals surface area contributed by atoms with E-state index in [9.17, 15) is 16.8 Å². The average Bonchev–Trinajstić information content (AvgIpc) is 2.52. The van der Waals surface area contributed by atoms with E-state index in [0.717, 1.165) is 32.2 Å². The average molecular weight is 411 g/mol. The van der Waals surface area contributed by atoms with Crippen molar-refractivity contribution in [3.8, 4) is 0 Å². The number of rotatable bonds is 6. The second-order valence-electron chi connectivity index (χ2n) is 6.30. The molecule has 0 saturated carbocycles. The van der Waals surface area contributed by atoms with Crippen molar-refractivity contribution in [3.05, 3.63) is 23.8 Å². The lowest BCUT2D eigenvalue weighted by molar-refractivity contribution is 0.262. The Kier molecular flexibility index (Phi) is 7.89. The molecule has 1 aromatic carbocycles. The largest absolute Gasteiger partial charge is 0.317 e. The molecule has 1 aliphatic rings. The van der Waals surface area contributed by atoms with Crippen molar-refractivity contribution in [3.63, 3.8) is 0 Å². The summed E-state index contributed by atoms with van der Waals surface area (Å²) < 4.78 is 51.6. The first-order valence-corrected chi connectivity index (χ1v) is 11.5. The molecular weight excluding hydrogens is 384 g/mol. The standard InChI is InChI=1S/C16H26N2O4S2.ClH/c1-4-11-18(14-7-9-17-10-8-14)24(21,22)16-12-15(23(3,19)20)6-5-13(16)2;/h5-6,12,14,17H,4,7-11H2,1-3H3;1H. The second kappa shape index (κ2) is 8.81. The van der Waals surface area contributed by atoms with Crippen LogP contribution in [0.25, 0.3) is 0 Å². The molecule has 25 heavy (non-hydrogen) atoms. The summed E-state index contributed by atoms with van der Waals surface area (Å²) in [6.07, 6.45) is 3.34. The molecule has 9 heteroatoms. The Morgan fingerprint density at radius 3 is 2.28 bits per heavy atom. The molecule has 6 nitrogen and oxygen atoms in total. The molecule has 0 aliphatic carbocycles. The van der Waals surface area contributed by atoms with Crippen molar-refractivity contribution >= 4 is 32.3 Å². The number of halogens is 1. The monoisotopic (exact) mass is 410 g/mol. The van der Waals surface area contributed by atoms with Gasteiger partial charge in [0.2, 0.25) is 10.0 Å². The van der Waals surface area contributed by atoms with Crippen molar-refractivity contribution < 1.29 is 16.8 Å². The SMILES string of the molecule is CCCN(C1CCNCC1)S(=O)(=O)c1cc(S(C)(=O)=O)ccc1C.Cl.